The average molecular weight is 200 g/mol. The molecule has 0 aromatic rings. The van der Waals surface area contributed by atoms with E-state index in [-0.39, 0.29) is 0 Å². The molecule has 0 bridgehead atoms. The quantitative estimate of drug-likeness (QED) is 0.725. The summed E-state index contributed by atoms with van der Waals surface area (Å²) in [7, 11) is 1.81. The molecule has 1 atom stereocenters. The molecular weight excluding hydrogens is 176 g/mol. The van der Waals surface area contributed by atoms with Crippen LogP contribution in [0.3, 0.4) is 0 Å². The van der Waals surface area contributed by atoms with Crippen molar-refractivity contribution >= 4 is 0 Å². The van der Waals surface area contributed by atoms with Crippen LogP contribution >= 0.6 is 0 Å². The molecule has 0 amide bonds. The molecule has 1 rings (SSSR count). The van der Waals surface area contributed by atoms with Gasteiger partial charge in [-0.15, -0.1) is 0 Å². The molecule has 84 valence electrons. The maximum absolute atomic E-state index is 5.78. The van der Waals surface area contributed by atoms with E-state index in [1.165, 1.54) is 12.8 Å². The minimum atomic E-state index is 0.478. The van der Waals surface area contributed by atoms with Crippen molar-refractivity contribution in [3.05, 3.63) is 0 Å². The third-order valence-corrected chi connectivity index (χ3v) is 3.22. The molecule has 14 heavy (non-hydrogen) atoms. The zero-order valence-corrected chi connectivity index (χ0v) is 9.54. The Hall–Kier alpha value is -0.120. The van der Waals surface area contributed by atoms with E-state index in [4.69, 9.17) is 10.5 Å². The van der Waals surface area contributed by atoms with Gasteiger partial charge < -0.3 is 10.5 Å². The fraction of sp³-hybridized carbons (Fsp3) is 1.00. The van der Waals surface area contributed by atoms with Crippen LogP contribution in [-0.4, -0.2) is 43.8 Å². The largest absolute Gasteiger partial charge is 0.381 e. The molecule has 0 aromatic carbocycles. The van der Waals surface area contributed by atoms with E-state index in [0.717, 1.165) is 32.5 Å². The number of likely N-dealkylation sites (tertiary alicyclic amines) is 1. The second-order valence-electron chi connectivity index (χ2n) is 4.15. The first-order chi connectivity index (χ1) is 6.81. The van der Waals surface area contributed by atoms with E-state index in [1.807, 2.05) is 7.11 Å². The molecule has 1 aliphatic rings. The van der Waals surface area contributed by atoms with Crippen molar-refractivity contribution in [2.75, 3.05) is 26.7 Å². The number of nitrogens with zero attached hydrogens (tertiary/aromatic N) is 1. The van der Waals surface area contributed by atoms with Crippen LogP contribution in [-0.2, 0) is 4.74 Å². The zero-order valence-electron chi connectivity index (χ0n) is 9.54. The Morgan fingerprint density at radius 3 is 2.50 bits per heavy atom. The predicted molar refractivity (Wildman–Crippen MR) is 59.4 cm³/mol. The van der Waals surface area contributed by atoms with Crippen molar-refractivity contribution in [3.63, 3.8) is 0 Å². The second kappa shape index (κ2) is 6.38. The molecule has 0 aromatic heterocycles. The lowest BCUT2D eigenvalue weighted by Gasteiger charge is -2.36. The lowest BCUT2D eigenvalue weighted by molar-refractivity contribution is 0.0270. The van der Waals surface area contributed by atoms with Crippen molar-refractivity contribution in [3.8, 4) is 0 Å². The highest BCUT2D eigenvalue weighted by molar-refractivity contribution is 4.79. The van der Waals surface area contributed by atoms with Crippen LogP contribution in [0, 0.1) is 0 Å². The first kappa shape index (κ1) is 12.0. The van der Waals surface area contributed by atoms with Crippen LogP contribution in [0.5, 0.6) is 0 Å². The van der Waals surface area contributed by atoms with E-state index in [0.29, 0.717) is 12.1 Å². The Balaban J connectivity index is 2.31. The summed E-state index contributed by atoms with van der Waals surface area (Å²) in [6.45, 7) is 5.33. The molecule has 0 radical (unpaired) electrons. The number of piperidine rings is 1. The molecule has 1 heterocycles. The maximum Gasteiger partial charge on any atom is 0.0595 e. The van der Waals surface area contributed by atoms with Gasteiger partial charge in [0.05, 0.1) is 6.10 Å². The van der Waals surface area contributed by atoms with Crippen molar-refractivity contribution in [2.24, 2.45) is 5.73 Å². The second-order valence-corrected chi connectivity index (χ2v) is 4.15. The van der Waals surface area contributed by atoms with E-state index in [2.05, 4.69) is 11.8 Å². The van der Waals surface area contributed by atoms with E-state index >= 15 is 0 Å². The van der Waals surface area contributed by atoms with Gasteiger partial charge in [-0.1, -0.05) is 13.3 Å². The van der Waals surface area contributed by atoms with Gasteiger partial charge in [-0.2, -0.15) is 0 Å². The van der Waals surface area contributed by atoms with E-state index < -0.39 is 0 Å². The molecule has 3 heteroatoms. The van der Waals surface area contributed by atoms with Crippen molar-refractivity contribution < 1.29 is 4.74 Å². The normalized spacial score (nSPS) is 22.5. The third kappa shape index (κ3) is 3.23. The summed E-state index contributed by atoms with van der Waals surface area (Å²) < 4.78 is 5.35. The average Bonchev–Trinajstić information content (AvgIpc) is 2.26. The molecule has 1 fully saturated rings. The van der Waals surface area contributed by atoms with Gasteiger partial charge >= 0.3 is 0 Å². The third-order valence-electron chi connectivity index (χ3n) is 3.22. The Bertz CT molecular complexity index is 144. The van der Waals surface area contributed by atoms with Crippen molar-refractivity contribution in [1.29, 1.82) is 0 Å². The Morgan fingerprint density at radius 2 is 2.07 bits per heavy atom. The predicted octanol–water partition coefficient (Wildman–Crippen LogP) is 1.22. The molecule has 1 aliphatic heterocycles. The maximum atomic E-state index is 5.78. The number of ether oxygens (including phenoxy) is 1. The van der Waals surface area contributed by atoms with Crippen LogP contribution < -0.4 is 5.73 Å². The molecule has 0 saturated carbocycles. The monoisotopic (exact) mass is 200 g/mol. The molecular formula is C11H24N2O. The molecule has 1 unspecified atom stereocenters. The molecule has 3 nitrogen and oxygen atoms in total. The summed E-state index contributed by atoms with van der Waals surface area (Å²) in [5.74, 6) is 0. The van der Waals surface area contributed by atoms with Gasteiger partial charge in [0.15, 0.2) is 0 Å². The standard InChI is InChI=1S/C11H24N2O/c1-3-4-10(9-12)13-7-5-11(14-2)6-8-13/h10-11H,3-9,12H2,1-2H3. The molecule has 2 N–H and O–H groups in total. The summed E-state index contributed by atoms with van der Waals surface area (Å²) >= 11 is 0. The summed E-state index contributed by atoms with van der Waals surface area (Å²) in [4.78, 5) is 2.53. The molecule has 0 aliphatic carbocycles. The number of methoxy groups -OCH3 is 1. The van der Waals surface area contributed by atoms with Crippen LogP contribution in [0.1, 0.15) is 32.6 Å². The van der Waals surface area contributed by atoms with Crippen LogP contribution in [0.15, 0.2) is 0 Å². The van der Waals surface area contributed by atoms with Gasteiger partial charge in [-0.25, -0.2) is 0 Å². The fourth-order valence-corrected chi connectivity index (χ4v) is 2.26. The Morgan fingerprint density at radius 1 is 1.43 bits per heavy atom. The summed E-state index contributed by atoms with van der Waals surface area (Å²) in [5, 5.41) is 0. The Labute approximate surface area is 87.6 Å². The van der Waals surface area contributed by atoms with Gasteiger partial charge in [-0.3, -0.25) is 4.90 Å². The highest BCUT2D eigenvalue weighted by Crippen LogP contribution is 2.16. The minimum Gasteiger partial charge on any atom is -0.381 e. The van der Waals surface area contributed by atoms with E-state index in [9.17, 15) is 0 Å². The van der Waals surface area contributed by atoms with Gasteiger partial charge in [0, 0.05) is 32.8 Å². The first-order valence-electron chi connectivity index (χ1n) is 5.78. The molecule has 0 spiro atoms. The minimum absolute atomic E-state index is 0.478. The number of nitrogens with two attached hydrogens (primary N) is 1. The van der Waals surface area contributed by atoms with Gasteiger partial charge in [0.2, 0.25) is 0 Å². The zero-order chi connectivity index (χ0) is 10.4. The summed E-state index contributed by atoms with van der Waals surface area (Å²) in [5.41, 5.74) is 5.78. The van der Waals surface area contributed by atoms with Crippen molar-refractivity contribution in [2.45, 2.75) is 44.8 Å². The fourth-order valence-electron chi connectivity index (χ4n) is 2.26. The van der Waals surface area contributed by atoms with Gasteiger partial charge in [0.25, 0.3) is 0 Å². The summed E-state index contributed by atoms with van der Waals surface area (Å²) in [6, 6.07) is 0.595. The highest BCUT2D eigenvalue weighted by atomic mass is 16.5. The van der Waals surface area contributed by atoms with Crippen LogP contribution in [0.2, 0.25) is 0 Å². The van der Waals surface area contributed by atoms with Gasteiger partial charge in [-0.05, 0) is 19.3 Å². The topological polar surface area (TPSA) is 38.5 Å². The highest BCUT2D eigenvalue weighted by Gasteiger charge is 2.23. The van der Waals surface area contributed by atoms with Crippen molar-refractivity contribution in [1.82, 2.24) is 4.90 Å². The number of hydrogen-bond acceptors (Lipinski definition) is 3. The first-order valence-corrected chi connectivity index (χ1v) is 5.78. The lowest BCUT2D eigenvalue weighted by Crippen LogP contribution is -2.46. The van der Waals surface area contributed by atoms with Crippen LogP contribution in [0.4, 0.5) is 0 Å². The van der Waals surface area contributed by atoms with E-state index in [1.54, 1.807) is 0 Å². The Kier molecular flexibility index (Phi) is 5.45. The smallest absolute Gasteiger partial charge is 0.0595 e. The lowest BCUT2D eigenvalue weighted by atomic mass is 10.0. The SMILES string of the molecule is CCCC(CN)N1CCC(OC)CC1. The van der Waals surface area contributed by atoms with Crippen LogP contribution in [0.25, 0.3) is 0 Å². The molecule has 1 saturated heterocycles. The summed E-state index contributed by atoms with van der Waals surface area (Å²) in [6.07, 6.45) is 5.26. The number of hydrogen-bond donors (Lipinski definition) is 1. The number of rotatable bonds is 5. The van der Waals surface area contributed by atoms with Gasteiger partial charge in [0.1, 0.15) is 0 Å².